The van der Waals surface area contributed by atoms with E-state index in [1.807, 2.05) is 67.6 Å². The standard InChI is InChI=1S/C24H19NO4/c1-16-13-24(27)29-22-14-20(11-12-21(16)22)28-15-23(26)25-19-9-7-18(8-10-19)17-5-3-2-4-6-17/h2-14H,15H2,1H3,(H,25,26). The van der Waals surface area contributed by atoms with E-state index in [-0.39, 0.29) is 12.5 Å². The van der Waals surface area contributed by atoms with Crippen molar-refractivity contribution >= 4 is 22.6 Å². The molecule has 0 bridgehead atoms. The van der Waals surface area contributed by atoms with Crippen molar-refractivity contribution in [1.82, 2.24) is 0 Å². The maximum absolute atomic E-state index is 12.2. The van der Waals surface area contributed by atoms with Gasteiger partial charge in [0.2, 0.25) is 0 Å². The van der Waals surface area contributed by atoms with E-state index in [2.05, 4.69) is 5.32 Å². The van der Waals surface area contributed by atoms with Gasteiger partial charge in [0.25, 0.3) is 5.91 Å². The first kappa shape index (κ1) is 18.5. The molecule has 0 atom stereocenters. The molecule has 29 heavy (non-hydrogen) atoms. The van der Waals surface area contributed by atoms with Crippen molar-refractivity contribution in [2.45, 2.75) is 6.92 Å². The Morgan fingerprint density at radius 3 is 2.41 bits per heavy atom. The maximum Gasteiger partial charge on any atom is 0.336 e. The molecule has 4 aromatic rings. The predicted octanol–water partition coefficient (Wildman–Crippen LogP) is 4.79. The highest BCUT2D eigenvalue weighted by molar-refractivity contribution is 5.92. The van der Waals surface area contributed by atoms with Gasteiger partial charge in [-0.1, -0.05) is 42.5 Å². The van der Waals surface area contributed by atoms with Crippen LogP contribution in [0.2, 0.25) is 0 Å². The molecule has 0 aliphatic carbocycles. The molecule has 0 saturated heterocycles. The summed E-state index contributed by atoms with van der Waals surface area (Å²) in [6, 6.07) is 24.3. The molecule has 1 N–H and O–H groups in total. The second kappa shape index (κ2) is 8.02. The highest BCUT2D eigenvalue weighted by atomic mass is 16.5. The normalized spacial score (nSPS) is 10.7. The van der Waals surface area contributed by atoms with E-state index in [1.54, 1.807) is 12.1 Å². The maximum atomic E-state index is 12.2. The Balaban J connectivity index is 1.39. The van der Waals surface area contributed by atoms with Crippen LogP contribution in [0.4, 0.5) is 5.69 Å². The number of hydrogen-bond donors (Lipinski definition) is 1. The highest BCUT2D eigenvalue weighted by Crippen LogP contribution is 2.23. The van der Waals surface area contributed by atoms with Gasteiger partial charge in [0.15, 0.2) is 6.61 Å². The van der Waals surface area contributed by atoms with Gasteiger partial charge in [-0.25, -0.2) is 4.79 Å². The fourth-order valence-corrected chi connectivity index (χ4v) is 3.12. The molecule has 0 fully saturated rings. The Bertz CT molecular complexity index is 1210. The Morgan fingerprint density at radius 1 is 0.931 bits per heavy atom. The van der Waals surface area contributed by atoms with Crippen molar-refractivity contribution in [1.29, 1.82) is 0 Å². The summed E-state index contributed by atoms with van der Waals surface area (Å²) in [6.07, 6.45) is 0. The fraction of sp³-hybridized carbons (Fsp3) is 0.0833. The molecule has 144 valence electrons. The highest BCUT2D eigenvalue weighted by Gasteiger charge is 2.07. The van der Waals surface area contributed by atoms with Crippen LogP contribution in [0.5, 0.6) is 5.75 Å². The molecular formula is C24H19NO4. The van der Waals surface area contributed by atoms with Crippen LogP contribution < -0.4 is 15.7 Å². The molecule has 5 heteroatoms. The molecule has 3 aromatic carbocycles. The second-order valence-corrected chi connectivity index (χ2v) is 6.69. The SMILES string of the molecule is Cc1cc(=O)oc2cc(OCC(=O)Nc3ccc(-c4ccccc4)cc3)ccc12. The number of carbonyl (C=O) groups is 1. The number of nitrogens with one attached hydrogen (secondary N) is 1. The van der Waals surface area contributed by atoms with Crippen LogP contribution in [0.1, 0.15) is 5.56 Å². The molecule has 0 radical (unpaired) electrons. The van der Waals surface area contributed by atoms with Crippen LogP contribution in [-0.2, 0) is 4.79 Å². The zero-order valence-corrected chi connectivity index (χ0v) is 15.8. The molecule has 0 aliphatic heterocycles. The number of hydrogen-bond acceptors (Lipinski definition) is 4. The zero-order chi connectivity index (χ0) is 20.2. The first-order valence-electron chi connectivity index (χ1n) is 9.21. The number of rotatable bonds is 5. The average Bonchev–Trinajstić information content (AvgIpc) is 2.73. The molecule has 5 nitrogen and oxygen atoms in total. The van der Waals surface area contributed by atoms with E-state index in [0.29, 0.717) is 17.0 Å². The van der Waals surface area contributed by atoms with Crippen molar-refractivity contribution in [3.05, 3.63) is 94.8 Å². The van der Waals surface area contributed by atoms with E-state index in [9.17, 15) is 9.59 Å². The summed E-state index contributed by atoms with van der Waals surface area (Å²) in [6.45, 7) is 1.69. The van der Waals surface area contributed by atoms with Gasteiger partial charge in [-0.05, 0) is 47.9 Å². The minimum Gasteiger partial charge on any atom is -0.484 e. The Morgan fingerprint density at radius 2 is 1.66 bits per heavy atom. The summed E-state index contributed by atoms with van der Waals surface area (Å²) in [7, 11) is 0. The first-order chi connectivity index (χ1) is 14.1. The van der Waals surface area contributed by atoms with Crippen LogP contribution in [0.15, 0.2) is 88.1 Å². The van der Waals surface area contributed by atoms with Gasteiger partial charge in [0, 0.05) is 23.2 Å². The number of amides is 1. The van der Waals surface area contributed by atoms with E-state index >= 15 is 0 Å². The lowest BCUT2D eigenvalue weighted by Crippen LogP contribution is -2.20. The zero-order valence-electron chi connectivity index (χ0n) is 15.8. The predicted molar refractivity (Wildman–Crippen MR) is 113 cm³/mol. The van der Waals surface area contributed by atoms with Crippen LogP contribution in [0.3, 0.4) is 0 Å². The van der Waals surface area contributed by atoms with Gasteiger partial charge in [-0.15, -0.1) is 0 Å². The molecular weight excluding hydrogens is 366 g/mol. The number of aryl methyl sites for hydroxylation is 1. The molecule has 1 aromatic heterocycles. The average molecular weight is 385 g/mol. The molecule has 0 spiro atoms. The van der Waals surface area contributed by atoms with Crippen molar-refractivity contribution in [3.8, 4) is 16.9 Å². The molecule has 4 rings (SSSR count). The van der Waals surface area contributed by atoms with Crippen LogP contribution in [0, 0.1) is 6.92 Å². The van der Waals surface area contributed by atoms with Gasteiger partial charge in [-0.2, -0.15) is 0 Å². The minimum absolute atomic E-state index is 0.151. The van der Waals surface area contributed by atoms with Crippen molar-refractivity contribution in [2.24, 2.45) is 0 Å². The van der Waals surface area contributed by atoms with Gasteiger partial charge in [0.05, 0.1) is 0 Å². The third kappa shape index (κ3) is 4.35. The van der Waals surface area contributed by atoms with Crippen molar-refractivity contribution in [3.63, 3.8) is 0 Å². The Labute approximate surface area is 167 Å². The molecule has 1 amide bonds. The first-order valence-corrected chi connectivity index (χ1v) is 9.21. The van der Waals surface area contributed by atoms with Gasteiger partial charge >= 0.3 is 5.63 Å². The molecule has 0 unspecified atom stereocenters. The number of benzene rings is 3. The fourth-order valence-electron chi connectivity index (χ4n) is 3.12. The quantitative estimate of drug-likeness (QED) is 0.502. The number of fused-ring (bicyclic) bond motifs is 1. The van der Waals surface area contributed by atoms with E-state index in [4.69, 9.17) is 9.15 Å². The lowest BCUT2D eigenvalue weighted by molar-refractivity contribution is -0.118. The second-order valence-electron chi connectivity index (χ2n) is 6.69. The summed E-state index contributed by atoms with van der Waals surface area (Å²) >= 11 is 0. The van der Waals surface area contributed by atoms with Crippen molar-refractivity contribution < 1.29 is 13.9 Å². The Kier molecular flexibility index (Phi) is 5.12. The summed E-state index contributed by atoms with van der Waals surface area (Å²) in [5.74, 6) is 0.184. The molecule has 1 heterocycles. The minimum atomic E-state index is -0.413. The molecule has 0 saturated carbocycles. The van der Waals surface area contributed by atoms with E-state index in [1.165, 1.54) is 6.07 Å². The van der Waals surface area contributed by atoms with Gasteiger partial charge in [-0.3, -0.25) is 4.79 Å². The third-order valence-corrected chi connectivity index (χ3v) is 4.57. The van der Waals surface area contributed by atoms with Crippen LogP contribution >= 0.6 is 0 Å². The summed E-state index contributed by atoms with van der Waals surface area (Å²) in [5.41, 5.74) is 3.74. The summed E-state index contributed by atoms with van der Waals surface area (Å²) in [4.78, 5) is 23.7. The topological polar surface area (TPSA) is 68.5 Å². The summed E-state index contributed by atoms with van der Waals surface area (Å²) in [5, 5.41) is 3.64. The molecule has 0 aliphatic rings. The monoisotopic (exact) mass is 385 g/mol. The van der Waals surface area contributed by atoms with E-state index in [0.717, 1.165) is 22.1 Å². The van der Waals surface area contributed by atoms with Crippen LogP contribution in [0.25, 0.3) is 22.1 Å². The lowest BCUT2D eigenvalue weighted by Gasteiger charge is -2.09. The summed E-state index contributed by atoms with van der Waals surface area (Å²) < 4.78 is 10.7. The van der Waals surface area contributed by atoms with Crippen LogP contribution in [-0.4, -0.2) is 12.5 Å². The lowest BCUT2D eigenvalue weighted by atomic mass is 10.1. The number of carbonyl (C=O) groups excluding carboxylic acids is 1. The Hall–Kier alpha value is -3.86. The number of anilines is 1. The smallest absolute Gasteiger partial charge is 0.336 e. The largest absolute Gasteiger partial charge is 0.484 e. The van der Waals surface area contributed by atoms with Crippen molar-refractivity contribution in [2.75, 3.05) is 11.9 Å². The third-order valence-electron chi connectivity index (χ3n) is 4.57. The van der Waals surface area contributed by atoms with E-state index < -0.39 is 5.63 Å². The van der Waals surface area contributed by atoms with Gasteiger partial charge < -0.3 is 14.5 Å². The number of ether oxygens (including phenoxy) is 1. The van der Waals surface area contributed by atoms with Gasteiger partial charge in [0.1, 0.15) is 11.3 Å².